The van der Waals surface area contributed by atoms with E-state index >= 15 is 0 Å². The normalized spacial score (nSPS) is 17.2. The SMILES string of the molecule is CC(CN(CCO)CC(=O)N1CCCC1)C(=O)O. The molecule has 0 aromatic carbocycles. The molecule has 6 nitrogen and oxygen atoms in total. The molecule has 1 aliphatic rings. The summed E-state index contributed by atoms with van der Waals surface area (Å²) in [6, 6.07) is 0. The van der Waals surface area contributed by atoms with Gasteiger partial charge in [0.05, 0.1) is 19.1 Å². The summed E-state index contributed by atoms with van der Waals surface area (Å²) in [5, 5.41) is 17.8. The minimum Gasteiger partial charge on any atom is -0.481 e. The van der Waals surface area contributed by atoms with E-state index in [-0.39, 0.29) is 25.6 Å². The Labute approximate surface area is 107 Å². The van der Waals surface area contributed by atoms with Gasteiger partial charge in [-0.3, -0.25) is 14.5 Å². The lowest BCUT2D eigenvalue weighted by molar-refractivity contribution is -0.142. The third-order valence-corrected chi connectivity index (χ3v) is 3.19. The molecule has 1 fully saturated rings. The summed E-state index contributed by atoms with van der Waals surface area (Å²) < 4.78 is 0. The van der Waals surface area contributed by atoms with Crippen molar-refractivity contribution in [1.29, 1.82) is 0 Å². The highest BCUT2D eigenvalue weighted by Crippen LogP contribution is 2.09. The van der Waals surface area contributed by atoms with Gasteiger partial charge in [0.25, 0.3) is 0 Å². The number of hydrogen-bond acceptors (Lipinski definition) is 4. The van der Waals surface area contributed by atoms with Gasteiger partial charge in [0.1, 0.15) is 0 Å². The van der Waals surface area contributed by atoms with Gasteiger partial charge in [-0.15, -0.1) is 0 Å². The molecule has 2 N–H and O–H groups in total. The highest BCUT2D eigenvalue weighted by atomic mass is 16.4. The first-order chi connectivity index (χ1) is 8.54. The highest BCUT2D eigenvalue weighted by Gasteiger charge is 2.22. The minimum absolute atomic E-state index is 0.0264. The quantitative estimate of drug-likeness (QED) is 0.651. The van der Waals surface area contributed by atoms with Crippen molar-refractivity contribution in [3.8, 4) is 0 Å². The fraction of sp³-hybridized carbons (Fsp3) is 0.833. The molecule has 1 amide bonds. The van der Waals surface area contributed by atoms with Crippen LogP contribution in [0.4, 0.5) is 0 Å². The van der Waals surface area contributed by atoms with Crippen molar-refractivity contribution in [2.24, 2.45) is 5.92 Å². The molecule has 1 unspecified atom stereocenters. The van der Waals surface area contributed by atoms with E-state index in [1.54, 1.807) is 16.7 Å². The van der Waals surface area contributed by atoms with E-state index in [1.165, 1.54) is 0 Å². The van der Waals surface area contributed by atoms with E-state index in [0.717, 1.165) is 25.9 Å². The summed E-state index contributed by atoms with van der Waals surface area (Å²) in [6.45, 7) is 3.93. The monoisotopic (exact) mass is 258 g/mol. The second-order valence-corrected chi connectivity index (χ2v) is 4.79. The van der Waals surface area contributed by atoms with Crippen LogP contribution in [-0.2, 0) is 9.59 Å². The maximum atomic E-state index is 11.9. The summed E-state index contributed by atoms with van der Waals surface area (Å²) in [5.74, 6) is -1.40. The summed E-state index contributed by atoms with van der Waals surface area (Å²) in [5.41, 5.74) is 0. The number of carboxylic acid groups (broad SMARTS) is 1. The van der Waals surface area contributed by atoms with Crippen LogP contribution in [0.15, 0.2) is 0 Å². The van der Waals surface area contributed by atoms with Crippen LogP contribution in [0.25, 0.3) is 0 Å². The maximum absolute atomic E-state index is 11.9. The second-order valence-electron chi connectivity index (χ2n) is 4.79. The fourth-order valence-corrected chi connectivity index (χ4v) is 2.10. The largest absolute Gasteiger partial charge is 0.481 e. The molecule has 0 spiro atoms. The maximum Gasteiger partial charge on any atom is 0.307 e. The Kier molecular flexibility index (Phi) is 6.07. The predicted molar refractivity (Wildman–Crippen MR) is 66.1 cm³/mol. The molecule has 1 atom stereocenters. The lowest BCUT2D eigenvalue weighted by Crippen LogP contribution is -2.42. The van der Waals surface area contributed by atoms with E-state index in [0.29, 0.717) is 6.54 Å². The van der Waals surface area contributed by atoms with Crippen molar-refractivity contribution in [2.75, 3.05) is 39.3 Å². The van der Waals surface area contributed by atoms with Gasteiger partial charge in [0.2, 0.25) is 5.91 Å². The third-order valence-electron chi connectivity index (χ3n) is 3.19. The van der Waals surface area contributed by atoms with Crippen molar-refractivity contribution in [3.63, 3.8) is 0 Å². The number of likely N-dealkylation sites (tertiary alicyclic amines) is 1. The van der Waals surface area contributed by atoms with Crippen molar-refractivity contribution >= 4 is 11.9 Å². The lowest BCUT2D eigenvalue weighted by atomic mass is 10.1. The van der Waals surface area contributed by atoms with Crippen molar-refractivity contribution in [1.82, 2.24) is 9.80 Å². The number of amides is 1. The Morgan fingerprint density at radius 1 is 1.33 bits per heavy atom. The van der Waals surface area contributed by atoms with Gasteiger partial charge < -0.3 is 15.1 Å². The Hall–Kier alpha value is -1.14. The number of hydrogen-bond donors (Lipinski definition) is 2. The molecular formula is C12H22N2O4. The number of aliphatic carboxylic acids is 1. The molecule has 6 heteroatoms. The molecule has 0 radical (unpaired) electrons. The Morgan fingerprint density at radius 2 is 1.94 bits per heavy atom. The van der Waals surface area contributed by atoms with Crippen LogP contribution in [0.3, 0.4) is 0 Å². The minimum atomic E-state index is -0.883. The fourth-order valence-electron chi connectivity index (χ4n) is 2.10. The van der Waals surface area contributed by atoms with E-state index in [9.17, 15) is 9.59 Å². The van der Waals surface area contributed by atoms with Gasteiger partial charge in [0, 0.05) is 26.2 Å². The molecular weight excluding hydrogens is 236 g/mol. The first kappa shape index (κ1) is 14.9. The van der Waals surface area contributed by atoms with Crippen LogP contribution < -0.4 is 0 Å². The number of aliphatic hydroxyl groups is 1. The van der Waals surface area contributed by atoms with Gasteiger partial charge in [-0.25, -0.2) is 0 Å². The zero-order valence-corrected chi connectivity index (χ0v) is 10.8. The number of carbonyl (C=O) groups excluding carboxylic acids is 1. The Bertz CT molecular complexity index is 290. The molecule has 1 heterocycles. The van der Waals surface area contributed by atoms with Gasteiger partial charge in [-0.1, -0.05) is 6.92 Å². The smallest absolute Gasteiger partial charge is 0.307 e. The van der Waals surface area contributed by atoms with Crippen molar-refractivity contribution in [2.45, 2.75) is 19.8 Å². The molecule has 1 rings (SSSR count). The van der Waals surface area contributed by atoms with E-state index < -0.39 is 11.9 Å². The van der Waals surface area contributed by atoms with Gasteiger partial charge in [-0.2, -0.15) is 0 Å². The van der Waals surface area contributed by atoms with E-state index in [1.807, 2.05) is 0 Å². The Morgan fingerprint density at radius 3 is 2.44 bits per heavy atom. The second kappa shape index (κ2) is 7.33. The zero-order chi connectivity index (χ0) is 13.5. The van der Waals surface area contributed by atoms with Gasteiger partial charge in [-0.05, 0) is 12.8 Å². The molecule has 104 valence electrons. The van der Waals surface area contributed by atoms with Crippen molar-refractivity contribution < 1.29 is 19.8 Å². The summed E-state index contributed by atoms with van der Waals surface area (Å²) in [7, 11) is 0. The Balaban J connectivity index is 2.45. The summed E-state index contributed by atoms with van der Waals surface area (Å²) >= 11 is 0. The molecule has 0 aromatic heterocycles. The molecule has 0 saturated carbocycles. The van der Waals surface area contributed by atoms with Crippen LogP contribution in [-0.4, -0.2) is 71.2 Å². The highest BCUT2D eigenvalue weighted by molar-refractivity contribution is 5.78. The van der Waals surface area contributed by atoms with E-state index in [4.69, 9.17) is 10.2 Å². The van der Waals surface area contributed by atoms with Gasteiger partial charge in [0.15, 0.2) is 0 Å². The standard InChI is InChI=1S/C12H22N2O4/c1-10(12(17)18)8-13(6-7-15)9-11(16)14-4-2-3-5-14/h10,15H,2-9H2,1H3,(H,17,18). The average molecular weight is 258 g/mol. The third kappa shape index (κ3) is 4.62. The lowest BCUT2D eigenvalue weighted by Gasteiger charge is -2.25. The topological polar surface area (TPSA) is 81.1 Å². The van der Waals surface area contributed by atoms with Crippen LogP contribution in [0.2, 0.25) is 0 Å². The number of carboxylic acids is 1. The zero-order valence-electron chi connectivity index (χ0n) is 10.8. The van der Waals surface area contributed by atoms with Gasteiger partial charge >= 0.3 is 5.97 Å². The number of aliphatic hydroxyl groups excluding tert-OH is 1. The average Bonchev–Trinajstić information content (AvgIpc) is 2.82. The predicted octanol–water partition coefficient (Wildman–Crippen LogP) is -0.376. The van der Waals surface area contributed by atoms with Crippen LogP contribution in [0.5, 0.6) is 0 Å². The molecule has 0 bridgehead atoms. The summed E-state index contributed by atoms with van der Waals surface area (Å²) in [4.78, 5) is 26.2. The van der Waals surface area contributed by atoms with Crippen LogP contribution >= 0.6 is 0 Å². The van der Waals surface area contributed by atoms with Crippen molar-refractivity contribution in [3.05, 3.63) is 0 Å². The molecule has 18 heavy (non-hydrogen) atoms. The summed E-state index contributed by atoms with van der Waals surface area (Å²) in [6.07, 6.45) is 2.08. The molecule has 0 aromatic rings. The number of rotatable bonds is 7. The molecule has 1 saturated heterocycles. The molecule has 1 aliphatic heterocycles. The first-order valence-electron chi connectivity index (χ1n) is 6.38. The number of nitrogens with zero attached hydrogens (tertiary/aromatic N) is 2. The van der Waals surface area contributed by atoms with Crippen LogP contribution in [0.1, 0.15) is 19.8 Å². The van der Waals surface area contributed by atoms with Crippen LogP contribution in [0, 0.1) is 5.92 Å². The molecule has 0 aliphatic carbocycles. The van der Waals surface area contributed by atoms with E-state index in [2.05, 4.69) is 0 Å². The number of carbonyl (C=O) groups is 2. The first-order valence-corrected chi connectivity index (χ1v) is 6.38.